The van der Waals surface area contributed by atoms with Crippen LogP contribution in [0.15, 0.2) is 36.5 Å². The average molecular weight is 389 g/mol. The number of nitrogens with zero attached hydrogens (tertiary/aromatic N) is 3. The summed E-state index contributed by atoms with van der Waals surface area (Å²) in [6.45, 7) is 10.9. The molecular formula is C21H28FN3O3. The third kappa shape index (κ3) is 5.58. The third-order valence-corrected chi connectivity index (χ3v) is 4.12. The van der Waals surface area contributed by atoms with Crippen LogP contribution in [-0.2, 0) is 11.3 Å². The Kier molecular flexibility index (Phi) is 6.83. The number of ether oxygens (including phenoxy) is 1. The number of carbonyl (C=O) groups is 1. The molecule has 2 rings (SSSR count). The van der Waals surface area contributed by atoms with E-state index in [-0.39, 0.29) is 12.3 Å². The Balaban J connectivity index is 2.34. The monoisotopic (exact) mass is 389 g/mol. The predicted molar refractivity (Wildman–Crippen MR) is 108 cm³/mol. The second-order valence-electron chi connectivity index (χ2n) is 7.37. The molecule has 1 aromatic heterocycles. The number of benzene rings is 1. The van der Waals surface area contributed by atoms with E-state index in [9.17, 15) is 14.3 Å². The van der Waals surface area contributed by atoms with Crippen molar-refractivity contribution in [3.8, 4) is 5.75 Å². The number of pyridine rings is 1. The first-order chi connectivity index (χ1) is 13.1. The number of rotatable bonds is 6. The van der Waals surface area contributed by atoms with E-state index in [4.69, 9.17) is 4.74 Å². The number of halogens is 1. The predicted octanol–water partition coefficient (Wildman–Crippen LogP) is 4.71. The van der Waals surface area contributed by atoms with Gasteiger partial charge in [0.25, 0.3) is 0 Å². The highest BCUT2D eigenvalue weighted by Crippen LogP contribution is 2.27. The second-order valence-corrected chi connectivity index (χ2v) is 7.37. The van der Waals surface area contributed by atoms with Gasteiger partial charge in [-0.1, -0.05) is 0 Å². The van der Waals surface area contributed by atoms with Gasteiger partial charge >= 0.3 is 6.09 Å². The lowest BCUT2D eigenvalue weighted by Gasteiger charge is -2.28. The third-order valence-electron chi connectivity index (χ3n) is 4.12. The Morgan fingerprint density at radius 1 is 1.14 bits per heavy atom. The van der Waals surface area contributed by atoms with E-state index >= 15 is 0 Å². The van der Waals surface area contributed by atoms with E-state index in [2.05, 4.69) is 9.88 Å². The van der Waals surface area contributed by atoms with Crippen molar-refractivity contribution in [3.05, 3.63) is 48.0 Å². The highest BCUT2D eigenvalue weighted by molar-refractivity contribution is 5.87. The highest BCUT2D eigenvalue weighted by atomic mass is 19.1. The number of aromatic hydroxyl groups is 1. The first kappa shape index (κ1) is 21.5. The van der Waals surface area contributed by atoms with E-state index in [1.165, 1.54) is 29.2 Å². The average Bonchev–Trinajstić information content (AvgIpc) is 2.61. The SMILES string of the molecule is CCN(CC)c1cnc(CN(C(=O)OC(C)(C)C)c2ccc(F)cc2)c(O)c1. The molecule has 28 heavy (non-hydrogen) atoms. The van der Waals surface area contributed by atoms with Crippen LogP contribution in [0.1, 0.15) is 40.3 Å². The number of amides is 1. The summed E-state index contributed by atoms with van der Waals surface area (Å²) in [6.07, 6.45) is 1.06. The topological polar surface area (TPSA) is 65.9 Å². The van der Waals surface area contributed by atoms with Crippen LogP contribution < -0.4 is 9.80 Å². The van der Waals surface area contributed by atoms with Crippen molar-refractivity contribution in [2.45, 2.75) is 46.8 Å². The molecule has 2 aromatic rings. The minimum Gasteiger partial charge on any atom is -0.506 e. The lowest BCUT2D eigenvalue weighted by molar-refractivity contribution is 0.0577. The van der Waals surface area contributed by atoms with Crippen LogP contribution in [0.25, 0.3) is 0 Å². The molecule has 0 saturated heterocycles. The zero-order chi connectivity index (χ0) is 20.9. The molecule has 0 radical (unpaired) electrons. The molecule has 6 nitrogen and oxygen atoms in total. The van der Waals surface area contributed by atoms with Crippen LogP contribution in [0.4, 0.5) is 20.6 Å². The molecule has 1 N–H and O–H groups in total. The summed E-state index contributed by atoms with van der Waals surface area (Å²) in [7, 11) is 0. The van der Waals surface area contributed by atoms with Crippen LogP contribution in [-0.4, -0.2) is 34.9 Å². The van der Waals surface area contributed by atoms with E-state index in [1.807, 2.05) is 13.8 Å². The maximum Gasteiger partial charge on any atom is 0.415 e. The maximum absolute atomic E-state index is 13.3. The molecule has 0 saturated carbocycles. The number of hydrogen-bond donors (Lipinski definition) is 1. The summed E-state index contributed by atoms with van der Waals surface area (Å²) in [5.41, 5.74) is 0.880. The number of anilines is 2. The molecule has 1 amide bonds. The molecule has 0 unspecified atom stereocenters. The summed E-state index contributed by atoms with van der Waals surface area (Å²) < 4.78 is 18.8. The van der Waals surface area contributed by atoms with Gasteiger partial charge in [0.2, 0.25) is 0 Å². The van der Waals surface area contributed by atoms with Gasteiger partial charge in [-0.25, -0.2) is 9.18 Å². The quantitative estimate of drug-likeness (QED) is 0.775. The fourth-order valence-electron chi connectivity index (χ4n) is 2.70. The maximum atomic E-state index is 13.3. The lowest BCUT2D eigenvalue weighted by Crippen LogP contribution is -2.36. The normalized spacial score (nSPS) is 11.2. The molecule has 0 spiro atoms. The number of carbonyl (C=O) groups excluding carboxylic acids is 1. The van der Waals surface area contributed by atoms with Gasteiger partial charge in [-0.15, -0.1) is 0 Å². The van der Waals surface area contributed by atoms with Gasteiger partial charge < -0.3 is 14.7 Å². The molecule has 152 valence electrons. The van der Waals surface area contributed by atoms with Crippen molar-refractivity contribution in [2.24, 2.45) is 0 Å². The van der Waals surface area contributed by atoms with E-state index in [0.717, 1.165) is 18.8 Å². The van der Waals surface area contributed by atoms with Crippen LogP contribution in [0.3, 0.4) is 0 Å². The fraction of sp³-hybridized carbons (Fsp3) is 0.429. The minimum atomic E-state index is -0.697. The van der Waals surface area contributed by atoms with Crippen LogP contribution in [0, 0.1) is 5.82 Å². The Hall–Kier alpha value is -2.83. The van der Waals surface area contributed by atoms with Crippen LogP contribution in [0.5, 0.6) is 5.75 Å². The Bertz CT molecular complexity index is 800. The summed E-state index contributed by atoms with van der Waals surface area (Å²) in [5.74, 6) is -0.419. The Labute approximate surface area is 165 Å². The zero-order valence-corrected chi connectivity index (χ0v) is 17.1. The summed E-state index contributed by atoms with van der Waals surface area (Å²) >= 11 is 0. The molecule has 1 heterocycles. The minimum absolute atomic E-state index is 0.00902. The molecule has 0 bridgehead atoms. The molecular weight excluding hydrogens is 361 g/mol. The van der Waals surface area contributed by atoms with E-state index in [1.54, 1.807) is 33.0 Å². The highest BCUT2D eigenvalue weighted by Gasteiger charge is 2.25. The van der Waals surface area contributed by atoms with Crippen molar-refractivity contribution in [1.29, 1.82) is 0 Å². The Morgan fingerprint density at radius 2 is 1.75 bits per heavy atom. The molecule has 0 aliphatic heterocycles. The first-order valence-electron chi connectivity index (χ1n) is 9.33. The number of aromatic nitrogens is 1. The van der Waals surface area contributed by atoms with Crippen LogP contribution in [0.2, 0.25) is 0 Å². The van der Waals surface area contributed by atoms with E-state index in [0.29, 0.717) is 11.4 Å². The van der Waals surface area contributed by atoms with Gasteiger partial charge in [-0.2, -0.15) is 0 Å². The second kappa shape index (κ2) is 8.91. The van der Waals surface area contributed by atoms with Crippen molar-refractivity contribution in [3.63, 3.8) is 0 Å². The number of hydrogen-bond acceptors (Lipinski definition) is 5. The van der Waals surface area contributed by atoms with Crippen molar-refractivity contribution in [2.75, 3.05) is 22.9 Å². The van der Waals surface area contributed by atoms with Gasteiger partial charge in [-0.3, -0.25) is 9.88 Å². The van der Waals surface area contributed by atoms with Gasteiger partial charge in [0.1, 0.15) is 22.9 Å². The van der Waals surface area contributed by atoms with Crippen molar-refractivity contribution in [1.82, 2.24) is 4.98 Å². The lowest BCUT2D eigenvalue weighted by atomic mass is 10.2. The molecule has 0 atom stereocenters. The van der Waals surface area contributed by atoms with Crippen LogP contribution >= 0.6 is 0 Å². The summed E-state index contributed by atoms with van der Waals surface area (Å²) in [4.78, 5) is 20.4. The van der Waals surface area contributed by atoms with Crippen molar-refractivity contribution >= 4 is 17.5 Å². The van der Waals surface area contributed by atoms with Gasteiger partial charge in [0.15, 0.2) is 0 Å². The fourth-order valence-corrected chi connectivity index (χ4v) is 2.70. The van der Waals surface area contributed by atoms with Gasteiger partial charge in [0, 0.05) is 24.8 Å². The van der Waals surface area contributed by atoms with Gasteiger partial charge in [0.05, 0.1) is 18.4 Å². The smallest absolute Gasteiger partial charge is 0.415 e. The molecule has 0 aliphatic carbocycles. The van der Waals surface area contributed by atoms with Gasteiger partial charge in [-0.05, 0) is 58.9 Å². The van der Waals surface area contributed by atoms with Crippen molar-refractivity contribution < 1.29 is 19.0 Å². The zero-order valence-electron chi connectivity index (χ0n) is 17.1. The molecule has 1 aromatic carbocycles. The standard InChI is InChI=1S/C21H28FN3O3/c1-6-24(7-2)17-12-19(26)18(23-13-17)14-25(20(27)28-21(3,4)5)16-10-8-15(22)9-11-16/h8-13,26H,6-7,14H2,1-5H3. The molecule has 7 heteroatoms. The molecule has 0 fully saturated rings. The Morgan fingerprint density at radius 3 is 2.25 bits per heavy atom. The van der Waals surface area contributed by atoms with E-state index < -0.39 is 17.5 Å². The summed E-state index contributed by atoms with van der Waals surface area (Å²) in [5, 5.41) is 10.5. The largest absolute Gasteiger partial charge is 0.506 e. The first-order valence-corrected chi connectivity index (χ1v) is 9.33. The summed E-state index contributed by atoms with van der Waals surface area (Å²) in [6, 6.07) is 7.14. The molecule has 0 aliphatic rings.